The fraction of sp³-hybridized carbons (Fsp3) is 0.231. The molecule has 0 radical (unpaired) electrons. The maximum atomic E-state index is 6.14. The van der Waals surface area contributed by atoms with E-state index in [1.807, 2.05) is 12.1 Å². The molecule has 2 rings (SSSR count). The second-order valence-corrected chi connectivity index (χ2v) is 4.79. The number of hydrogen-bond acceptors (Lipinski definition) is 4. The Bertz CT molecular complexity index is 578. The fourth-order valence-corrected chi connectivity index (χ4v) is 2.11. The van der Waals surface area contributed by atoms with Gasteiger partial charge in [-0.05, 0) is 18.1 Å². The molecule has 1 heterocycles. The highest BCUT2D eigenvalue weighted by atomic mass is 35.5. The Morgan fingerprint density at radius 1 is 1.32 bits per heavy atom. The first-order valence-corrected chi connectivity index (χ1v) is 6.42. The predicted molar refractivity (Wildman–Crippen MR) is 75.7 cm³/mol. The van der Waals surface area contributed by atoms with Crippen LogP contribution in [-0.4, -0.2) is 17.1 Å². The molecule has 0 aliphatic rings. The summed E-state index contributed by atoms with van der Waals surface area (Å²) >= 11 is 12.1. The maximum absolute atomic E-state index is 6.14. The molecule has 0 amide bonds. The zero-order valence-electron chi connectivity index (χ0n) is 10.3. The minimum absolute atomic E-state index is 0.298. The van der Waals surface area contributed by atoms with E-state index < -0.39 is 0 Å². The van der Waals surface area contributed by atoms with Crippen molar-refractivity contribution >= 4 is 23.2 Å². The van der Waals surface area contributed by atoms with E-state index in [1.54, 1.807) is 19.2 Å². The van der Waals surface area contributed by atoms with E-state index in [4.69, 9.17) is 33.7 Å². The van der Waals surface area contributed by atoms with E-state index >= 15 is 0 Å². The molecule has 0 saturated heterocycles. The average molecular weight is 298 g/mol. The summed E-state index contributed by atoms with van der Waals surface area (Å²) in [4.78, 5) is 8.09. The van der Waals surface area contributed by atoms with Crippen LogP contribution < -0.4 is 10.5 Å². The van der Waals surface area contributed by atoms with Crippen LogP contribution >= 0.6 is 23.2 Å². The van der Waals surface area contributed by atoms with E-state index in [9.17, 15) is 0 Å². The molecule has 1 aromatic heterocycles. The maximum Gasteiger partial charge on any atom is 0.216 e. The standard InChI is InChI=1S/C13H13Cl2N3O/c1-19-12-6-11(17-7-18-12)10(16)5-8-3-2-4-9(14)13(8)15/h2-4,6-7,10H,5,16H2,1H3. The number of methoxy groups -OCH3 is 1. The molecule has 19 heavy (non-hydrogen) atoms. The van der Waals surface area contributed by atoms with E-state index in [0.29, 0.717) is 28.0 Å². The van der Waals surface area contributed by atoms with Crippen LogP contribution in [0.5, 0.6) is 5.88 Å². The molecule has 0 aliphatic carbocycles. The highest BCUT2D eigenvalue weighted by molar-refractivity contribution is 6.42. The van der Waals surface area contributed by atoms with Crippen molar-refractivity contribution in [3.05, 3.63) is 51.9 Å². The van der Waals surface area contributed by atoms with Gasteiger partial charge in [0.25, 0.3) is 0 Å². The van der Waals surface area contributed by atoms with E-state index in [-0.39, 0.29) is 6.04 Å². The van der Waals surface area contributed by atoms with Gasteiger partial charge in [0.15, 0.2) is 0 Å². The number of rotatable bonds is 4. The lowest BCUT2D eigenvalue weighted by Crippen LogP contribution is -2.15. The predicted octanol–water partition coefficient (Wildman–Crippen LogP) is 3.03. The van der Waals surface area contributed by atoms with Crippen LogP contribution in [0.1, 0.15) is 17.3 Å². The van der Waals surface area contributed by atoms with Gasteiger partial charge in [0.2, 0.25) is 5.88 Å². The fourth-order valence-electron chi connectivity index (χ4n) is 1.72. The lowest BCUT2D eigenvalue weighted by Gasteiger charge is -2.13. The van der Waals surface area contributed by atoms with Crippen LogP contribution in [0.2, 0.25) is 10.0 Å². The molecule has 0 bridgehead atoms. The van der Waals surface area contributed by atoms with Crippen molar-refractivity contribution in [2.75, 3.05) is 7.11 Å². The van der Waals surface area contributed by atoms with Crippen LogP contribution in [0, 0.1) is 0 Å². The third-order valence-corrected chi connectivity index (χ3v) is 3.58. The highest BCUT2D eigenvalue weighted by Crippen LogP contribution is 2.28. The normalized spacial score (nSPS) is 12.2. The molecule has 6 heteroatoms. The smallest absolute Gasteiger partial charge is 0.216 e. The topological polar surface area (TPSA) is 61.0 Å². The number of nitrogens with zero attached hydrogens (tertiary/aromatic N) is 2. The zero-order valence-corrected chi connectivity index (χ0v) is 11.8. The first-order valence-electron chi connectivity index (χ1n) is 5.66. The molecule has 1 atom stereocenters. The molecule has 0 fully saturated rings. The van der Waals surface area contributed by atoms with Crippen LogP contribution in [0.15, 0.2) is 30.6 Å². The van der Waals surface area contributed by atoms with Gasteiger partial charge < -0.3 is 10.5 Å². The summed E-state index contributed by atoms with van der Waals surface area (Å²) in [5, 5.41) is 1.05. The van der Waals surface area contributed by atoms with Crippen molar-refractivity contribution in [1.82, 2.24) is 9.97 Å². The Hall–Kier alpha value is -1.36. The molecule has 1 aromatic carbocycles. The van der Waals surface area contributed by atoms with E-state index in [0.717, 1.165) is 5.56 Å². The molecular weight excluding hydrogens is 285 g/mol. The van der Waals surface area contributed by atoms with Crippen LogP contribution in [-0.2, 0) is 6.42 Å². The van der Waals surface area contributed by atoms with E-state index in [1.165, 1.54) is 6.33 Å². The molecule has 100 valence electrons. The van der Waals surface area contributed by atoms with Gasteiger partial charge in [0, 0.05) is 6.07 Å². The summed E-state index contributed by atoms with van der Waals surface area (Å²) in [6.07, 6.45) is 1.97. The van der Waals surface area contributed by atoms with Gasteiger partial charge in [0.05, 0.1) is 28.9 Å². The molecule has 2 aromatic rings. The lowest BCUT2D eigenvalue weighted by atomic mass is 10.0. The highest BCUT2D eigenvalue weighted by Gasteiger charge is 2.13. The quantitative estimate of drug-likeness (QED) is 0.942. The van der Waals surface area contributed by atoms with Crippen molar-refractivity contribution < 1.29 is 4.74 Å². The number of ether oxygens (including phenoxy) is 1. The van der Waals surface area contributed by atoms with Crippen molar-refractivity contribution in [3.63, 3.8) is 0 Å². The molecule has 2 N–H and O–H groups in total. The minimum atomic E-state index is -0.298. The van der Waals surface area contributed by atoms with Gasteiger partial charge >= 0.3 is 0 Å². The van der Waals surface area contributed by atoms with Crippen molar-refractivity contribution in [1.29, 1.82) is 0 Å². The third-order valence-electron chi connectivity index (χ3n) is 2.72. The number of halogens is 2. The first kappa shape index (κ1) is 14.1. The number of nitrogens with two attached hydrogens (primary N) is 1. The van der Waals surface area contributed by atoms with Crippen molar-refractivity contribution in [3.8, 4) is 5.88 Å². The SMILES string of the molecule is COc1cc(C(N)Cc2cccc(Cl)c2Cl)ncn1. The van der Waals surface area contributed by atoms with Crippen LogP contribution in [0.3, 0.4) is 0 Å². The van der Waals surface area contributed by atoms with Gasteiger partial charge in [0.1, 0.15) is 6.33 Å². The number of hydrogen-bond donors (Lipinski definition) is 1. The number of aromatic nitrogens is 2. The lowest BCUT2D eigenvalue weighted by molar-refractivity contribution is 0.395. The Morgan fingerprint density at radius 2 is 2.11 bits per heavy atom. The summed E-state index contributed by atoms with van der Waals surface area (Å²) in [6, 6.07) is 6.90. The molecule has 0 saturated carbocycles. The number of benzene rings is 1. The monoisotopic (exact) mass is 297 g/mol. The van der Waals surface area contributed by atoms with Crippen molar-refractivity contribution in [2.24, 2.45) is 5.73 Å². The van der Waals surface area contributed by atoms with Gasteiger partial charge in [-0.3, -0.25) is 0 Å². The summed E-state index contributed by atoms with van der Waals surface area (Å²) in [6.45, 7) is 0. The van der Waals surface area contributed by atoms with Crippen LogP contribution in [0.4, 0.5) is 0 Å². The van der Waals surface area contributed by atoms with Gasteiger partial charge in [-0.25, -0.2) is 9.97 Å². The van der Waals surface area contributed by atoms with Gasteiger partial charge in [-0.15, -0.1) is 0 Å². The molecule has 4 nitrogen and oxygen atoms in total. The van der Waals surface area contributed by atoms with E-state index in [2.05, 4.69) is 9.97 Å². The summed E-state index contributed by atoms with van der Waals surface area (Å²) in [5.74, 6) is 0.484. The molecule has 0 aliphatic heterocycles. The van der Waals surface area contributed by atoms with Crippen molar-refractivity contribution in [2.45, 2.75) is 12.5 Å². The summed E-state index contributed by atoms with van der Waals surface area (Å²) in [5.41, 5.74) is 7.71. The van der Waals surface area contributed by atoms with Crippen LogP contribution in [0.25, 0.3) is 0 Å². The Labute approximate surface area is 121 Å². The van der Waals surface area contributed by atoms with Gasteiger partial charge in [-0.1, -0.05) is 35.3 Å². The summed E-state index contributed by atoms with van der Waals surface area (Å²) in [7, 11) is 1.55. The van der Waals surface area contributed by atoms with Gasteiger partial charge in [-0.2, -0.15) is 0 Å². The third kappa shape index (κ3) is 3.35. The Kier molecular flexibility index (Phi) is 4.58. The first-order chi connectivity index (χ1) is 9.11. The minimum Gasteiger partial charge on any atom is -0.481 e. The zero-order chi connectivity index (χ0) is 13.8. The average Bonchev–Trinajstić information content (AvgIpc) is 2.44. The molecular formula is C13H13Cl2N3O. The second kappa shape index (κ2) is 6.19. The largest absolute Gasteiger partial charge is 0.481 e. The molecule has 1 unspecified atom stereocenters. The Morgan fingerprint density at radius 3 is 2.84 bits per heavy atom. The second-order valence-electron chi connectivity index (χ2n) is 4.01. The Balaban J connectivity index is 2.20. The molecule has 0 spiro atoms. The summed E-state index contributed by atoms with van der Waals surface area (Å²) < 4.78 is 5.04.